The van der Waals surface area contributed by atoms with Crippen LogP contribution in [-0.2, 0) is 16.1 Å². The molecule has 6 nitrogen and oxygen atoms in total. The number of hydrogen-bond donors (Lipinski definition) is 1. The molecule has 1 aromatic carbocycles. The summed E-state index contributed by atoms with van der Waals surface area (Å²) in [4.78, 5) is 38.5. The molecule has 1 aromatic heterocycles. The van der Waals surface area contributed by atoms with E-state index in [0.29, 0.717) is 34.0 Å². The number of rotatable bonds is 2. The molecule has 0 unspecified atom stereocenters. The molecule has 1 aliphatic heterocycles. The molecular formula is C18H14BrN3O3. The molecule has 0 spiro atoms. The Labute approximate surface area is 151 Å². The predicted octanol–water partition coefficient (Wildman–Crippen LogP) is 2.51. The molecule has 0 saturated carbocycles. The van der Waals surface area contributed by atoms with Crippen molar-refractivity contribution in [1.82, 2.24) is 15.1 Å². The zero-order valence-electron chi connectivity index (χ0n) is 13.4. The maximum atomic E-state index is 12.6. The average molecular weight is 400 g/mol. The quantitative estimate of drug-likeness (QED) is 0.786. The topological polar surface area (TPSA) is 83.1 Å². The zero-order valence-corrected chi connectivity index (χ0v) is 15.0. The minimum absolute atomic E-state index is 0.0294. The zero-order chi connectivity index (χ0) is 17.7. The van der Waals surface area contributed by atoms with Crippen LogP contribution in [0, 0.1) is 6.92 Å². The standard InChI is InChI=1S/C18H14BrN3O3/c1-9-6-10(19)7-13-14(20-21-16(23)15(9)13)8-22-17(24)11-4-2-3-5-12(11)18(22)25/h2,4,6-7H,3,5,8H2,1H3,(H,21,23). The molecule has 4 rings (SSSR count). The monoisotopic (exact) mass is 399 g/mol. The van der Waals surface area contributed by atoms with E-state index in [9.17, 15) is 14.4 Å². The fourth-order valence-electron chi connectivity index (χ4n) is 3.41. The number of benzene rings is 1. The van der Waals surface area contributed by atoms with Gasteiger partial charge in [-0.25, -0.2) is 5.10 Å². The molecule has 0 radical (unpaired) electrons. The number of aryl methyl sites for hydroxylation is 1. The molecular weight excluding hydrogens is 386 g/mol. The van der Waals surface area contributed by atoms with Gasteiger partial charge in [0.1, 0.15) is 0 Å². The number of amides is 2. The SMILES string of the molecule is Cc1cc(Br)cc2c(CN3C(=O)C4=C(CCC=C4)C3=O)n[nH]c(=O)c12. The molecule has 25 heavy (non-hydrogen) atoms. The number of aromatic nitrogens is 2. The number of fused-ring (bicyclic) bond motifs is 1. The van der Waals surface area contributed by atoms with Crippen molar-refractivity contribution < 1.29 is 9.59 Å². The first-order chi connectivity index (χ1) is 12.0. The van der Waals surface area contributed by atoms with E-state index in [0.717, 1.165) is 16.5 Å². The molecule has 2 amide bonds. The Morgan fingerprint density at radius 2 is 2.04 bits per heavy atom. The molecule has 126 valence electrons. The summed E-state index contributed by atoms with van der Waals surface area (Å²) in [6.07, 6.45) is 4.97. The summed E-state index contributed by atoms with van der Waals surface area (Å²) >= 11 is 3.42. The van der Waals surface area contributed by atoms with Gasteiger partial charge in [-0.3, -0.25) is 19.3 Å². The van der Waals surface area contributed by atoms with E-state index in [1.807, 2.05) is 19.1 Å². The van der Waals surface area contributed by atoms with Gasteiger partial charge in [-0.05, 0) is 37.5 Å². The van der Waals surface area contributed by atoms with Crippen LogP contribution in [0.15, 0.2) is 44.7 Å². The van der Waals surface area contributed by atoms with Gasteiger partial charge in [-0.15, -0.1) is 0 Å². The predicted molar refractivity (Wildman–Crippen MR) is 95.8 cm³/mol. The van der Waals surface area contributed by atoms with E-state index in [-0.39, 0.29) is 23.9 Å². The molecule has 0 fully saturated rings. The van der Waals surface area contributed by atoms with Crippen LogP contribution < -0.4 is 5.56 Å². The highest BCUT2D eigenvalue weighted by molar-refractivity contribution is 9.10. The summed E-state index contributed by atoms with van der Waals surface area (Å²) in [6, 6.07) is 3.64. The van der Waals surface area contributed by atoms with Gasteiger partial charge in [0.15, 0.2) is 0 Å². The van der Waals surface area contributed by atoms with Gasteiger partial charge in [0, 0.05) is 21.0 Å². The fourth-order valence-corrected chi connectivity index (χ4v) is 3.98. The number of aromatic amines is 1. The Balaban J connectivity index is 1.79. The van der Waals surface area contributed by atoms with Crippen LogP contribution in [0.1, 0.15) is 24.1 Å². The van der Waals surface area contributed by atoms with Gasteiger partial charge in [-0.2, -0.15) is 5.10 Å². The lowest BCUT2D eigenvalue weighted by atomic mass is 10.00. The largest absolute Gasteiger partial charge is 0.272 e. The number of H-pyrrole nitrogens is 1. The van der Waals surface area contributed by atoms with Crippen molar-refractivity contribution in [3.63, 3.8) is 0 Å². The lowest BCUT2D eigenvalue weighted by molar-refractivity contribution is -0.138. The fraction of sp³-hybridized carbons (Fsp3) is 0.222. The van der Waals surface area contributed by atoms with Gasteiger partial charge in [0.25, 0.3) is 17.4 Å². The van der Waals surface area contributed by atoms with Crippen LogP contribution >= 0.6 is 15.9 Å². The smallest absolute Gasteiger partial charge is 0.269 e. The Morgan fingerprint density at radius 1 is 1.24 bits per heavy atom. The van der Waals surface area contributed by atoms with Crippen LogP contribution in [0.2, 0.25) is 0 Å². The van der Waals surface area contributed by atoms with Gasteiger partial charge >= 0.3 is 0 Å². The van der Waals surface area contributed by atoms with E-state index in [1.165, 1.54) is 4.90 Å². The van der Waals surface area contributed by atoms with E-state index in [1.54, 1.807) is 12.1 Å². The second kappa shape index (κ2) is 5.77. The minimum Gasteiger partial charge on any atom is -0.269 e. The minimum atomic E-state index is -0.302. The molecule has 2 heterocycles. The molecule has 0 saturated heterocycles. The van der Waals surface area contributed by atoms with Crippen LogP contribution in [0.4, 0.5) is 0 Å². The van der Waals surface area contributed by atoms with E-state index < -0.39 is 0 Å². The highest BCUT2D eigenvalue weighted by Gasteiger charge is 2.37. The van der Waals surface area contributed by atoms with Crippen molar-refractivity contribution in [1.29, 1.82) is 0 Å². The summed E-state index contributed by atoms with van der Waals surface area (Å²) in [5.41, 5.74) is 2.04. The van der Waals surface area contributed by atoms with Crippen LogP contribution in [0.5, 0.6) is 0 Å². The first-order valence-electron chi connectivity index (χ1n) is 7.90. The van der Waals surface area contributed by atoms with Gasteiger partial charge in [0.05, 0.1) is 17.6 Å². The number of nitrogens with one attached hydrogen (secondary N) is 1. The second-order valence-corrected chi connectivity index (χ2v) is 7.09. The summed E-state index contributed by atoms with van der Waals surface area (Å²) in [6.45, 7) is 1.87. The number of imide groups is 1. The van der Waals surface area contributed by atoms with Crippen LogP contribution in [-0.4, -0.2) is 26.9 Å². The average Bonchev–Trinajstić information content (AvgIpc) is 2.82. The van der Waals surface area contributed by atoms with Gasteiger partial charge in [0.2, 0.25) is 0 Å². The number of hydrogen-bond acceptors (Lipinski definition) is 4. The third kappa shape index (κ3) is 2.46. The van der Waals surface area contributed by atoms with Crippen LogP contribution in [0.3, 0.4) is 0 Å². The molecule has 2 aromatic rings. The van der Waals surface area contributed by atoms with Gasteiger partial charge < -0.3 is 0 Å². The third-order valence-electron chi connectivity index (χ3n) is 4.59. The van der Waals surface area contributed by atoms with E-state index in [4.69, 9.17) is 0 Å². The molecule has 1 N–H and O–H groups in total. The number of carbonyl (C=O) groups excluding carboxylic acids is 2. The molecule has 2 aliphatic rings. The van der Waals surface area contributed by atoms with Crippen molar-refractivity contribution >= 4 is 38.5 Å². The molecule has 7 heteroatoms. The van der Waals surface area contributed by atoms with Crippen LogP contribution in [0.25, 0.3) is 10.8 Å². The Hall–Kier alpha value is -2.54. The molecule has 0 atom stereocenters. The number of allylic oxidation sites excluding steroid dienone is 1. The van der Waals surface area contributed by atoms with Crippen molar-refractivity contribution in [2.75, 3.05) is 0 Å². The normalized spacial score (nSPS) is 17.0. The summed E-state index contributed by atoms with van der Waals surface area (Å²) < 4.78 is 0.811. The molecule has 0 bridgehead atoms. The maximum Gasteiger partial charge on any atom is 0.272 e. The summed E-state index contributed by atoms with van der Waals surface area (Å²) in [5.74, 6) is -0.568. The lowest BCUT2D eigenvalue weighted by Gasteiger charge is -2.16. The number of nitrogens with zero attached hydrogens (tertiary/aromatic N) is 2. The third-order valence-corrected chi connectivity index (χ3v) is 5.05. The van der Waals surface area contributed by atoms with E-state index in [2.05, 4.69) is 26.1 Å². The van der Waals surface area contributed by atoms with Crippen molar-refractivity contribution in [3.8, 4) is 0 Å². The summed E-state index contributed by atoms with van der Waals surface area (Å²) in [5, 5.41) is 7.72. The highest BCUT2D eigenvalue weighted by atomic mass is 79.9. The van der Waals surface area contributed by atoms with E-state index >= 15 is 0 Å². The Bertz CT molecular complexity index is 1070. The summed E-state index contributed by atoms with van der Waals surface area (Å²) in [7, 11) is 0. The first kappa shape index (κ1) is 16.0. The van der Waals surface area contributed by atoms with Crippen molar-refractivity contribution in [2.45, 2.75) is 26.3 Å². The number of carbonyl (C=O) groups is 2. The van der Waals surface area contributed by atoms with Crippen molar-refractivity contribution in [3.05, 3.63) is 61.5 Å². The Kier molecular flexibility index (Phi) is 3.68. The number of halogens is 1. The van der Waals surface area contributed by atoms with Crippen molar-refractivity contribution in [2.24, 2.45) is 0 Å². The lowest BCUT2D eigenvalue weighted by Crippen LogP contribution is -2.32. The first-order valence-corrected chi connectivity index (χ1v) is 8.70. The Morgan fingerprint density at radius 3 is 2.80 bits per heavy atom. The van der Waals surface area contributed by atoms with Gasteiger partial charge in [-0.1, -0.05) is 28.1 Å². The maximum absolute atomic E-state index is 12.6. The second-order valence-electron chi connectivity index (χ2n) is 6.17. The molecule has 1 aliphatic carbocycles. The highest BCUT2D eigenvalue weighted by Crippen LogP contribution is 2.31.